The monoisotopic (exact) mass is 535 g/mol. The maximum absolute atomic E-state index is 12.6. The van der Waals surface area contributed by atoms with E-state index in [0.717, 1.165) is 53.8 Å². The Bertz CT molecular complexity index is 1060. The topological polar surface area (TPSA) is 54.4 Å². The SMILES string of the molecule is Br.O=C1COc2c(C3=CSC4=NCCN34)cc(Cl)cc2N1CCCCOc1ccccc1. The molecule has 1 amide bonds. The Morgan fingerprint density at radius 3 is 2.88 bits per heavy atom. The number of hydrogen-bond acceptors (Lipinski definition) is 6. The number of unbranched alkanes of at least 4 members (excludes halogenated alkanes) is 1. The third-order valence-corrected chi connectivity index (χ3v) is 6.52. The molecule has 9 heteroatoms. The largest absolute Gasteiger partial charge is 0.494 e. The number of amides is 1. The van der Waals surface area contributed by atoms with Gasteiger partial charge in [-0.2, -0.15) is 0 Å². The summed E-state index contributed by atoms with van der Waals surface area (Å²) in [6.45, 7) is 2.87. The average molecular weight is 537 g/mol. The number of nitrogens with zero attached hydrogens (tertiary/aromatic N) is 3. The van der Waals surface area contributed by atoms with E-state index < -0.39 is 0 Å². The van der Waals surface area contributed by atoms with Crippen molar-refractivity contribution in [3.63, 3.8) is 0 Å². The van der Waals surface area contributed by atoms with E-state index >= 15 is 0 Å². The lowest BCUT2D eigenvalue weighted by Gasteiger charge is -2.32. The number of rotatable bonds is 7. The van der Waals surface area contributed by atoms with E-state index in [4.69, 9.17) is 21.1 Å². The number of halogens is 2. The molecule has 0 spiro atoms. The minimum Gasteiger partial charge on any atom is -0.494 e. The summed E-state index contributed by atoms with van der Waals surface area (Å²) < 4.78 is 11.7. The van der Waals surface area contributed by atoms with E-state index in [1.54, 1.807) is 16.7 Å². The molecule has 5 rings (SSSR count). The number of thioether (sulfide) groups is 1. The molecule has 3 heterocycles. The van der Waals surface area contributed by atoms with Crippen molar-refractivity contribution in [1.29, 1.82) is 0 Å². The molecule has 2 aromatic carbocycles. The number of carbonyl (C=O) groups excluding carboxylic acids is 1. The lowest BCUT2D eigenvalue weighted by Crippen LogP contribution is -2.40. The zero-order chi connectivity index (χ0) is 21.2. The standard InChI is InChI=1S/C23H22ClN3O3S.BrH/c24-16-12-18(20-15-31-23-25-8-10-27(20)23)22-19(13-16)26(21(28)14-30-22)9-4-5-11-29-17-6-2-1-3-7-17;/h1-3,6-7,12-13,15H,4-5,8-11,14H2;1H. The summed E-state index contributed by atoms with van der Waals surface area (Å²) in [5, 5.41) is 3.67. The van der Waals surface area contributed by atoms with Crippen LogP contribution < -0.4 is 14.4 Å². The molecule has 6 nitrogen and oxygen atoms in total. The third kappa shape index (κ3) is 4.63. The summed E-state index contributed by atoms with van der Waals surface area (Å²) in [7, 11) is 0. The number of hydrogen-bond donors (Lipinski definition) is 0. The fourth-order valence-corrected chi connectivity index (χ4v) is 5.09. The van der Waals surface area contributed by atoms with Gasteiger partial charge in [0.1, 0.15) is 5.75 Å². The van der Waals surface area contributed by atoms with Crippen LogP contribution in [0.4, 0.5) is 5.69 Å². The molecule has 0 radical (unpaired) electrons. The van der Waals surface area contributed by atoms with Gasteiger partial charge in [0.25, 0.3) is 5.91 Å². The minimum atomic E-state index is -0.0529. The number of aliphatic imine (C=N–C) groups is 1. The first-order valence-electron chi connectivity index (χ1n) is 10.3. The molecular weight excluding hydrogens is 514 g/mol. The minimum absolute atomic E-state index is 0. The number of benzene rings is 2. The van der Waals surface area contributed by atoms with Crippen molar-refractivity contribution in [2.24, 2.45) is 4.99 Å². The van der Waals surface area contributed by atoms with Crippen LogP contribution in [-0.2, 0) is 4.79 Å². The molecular formula is C23H23BrClN3O3S. The molecule has 0 N–H and O–H groups in total. The molecule has 3 aliphatic heterocycles. The first-order chi connectivity index (χ1) is 15.2. The highest BCUT2D eigenvalue weighted by Gasteiger charge is 2.33. The Labute approximate surface area is 207 Å². The summed E-state index contributed by atoms with van der Waals surface area (Å²) >= 11 is 8.08. The Morgan fingerprint density at radius 2 is 2.03 bits per heavy atom. The van der Waals surface area contributed by atoms with Gasteiger partial charge in [-0.3, -0.25) is 9.79 Å². The molecule has 2 aromatic rings. The van der Waals surface area contributed by atoms with Crippen LogP contribution in [0.15, 0.2) is 52.9 Å². The van der Waals surface area contributed by atoms with Gasteiger partial charge in [0.2, 0.25) is 0 Å². The van der Waals surface area contributed by atoms with E-state index in [1.165, 1.54) is 0 Å². The molecule has 0 unspecified atom stereocenters. The van der Waals surface area contributed by atoms with Crippen molar-refractivity contribution in [2.45, 2.75) is 12.8 Å². The van der Waals surface area contributed by atoms with Crippen LogP contribution in [0.2, 0.25) is 5.02 Å². The van der Waals surface area contributed by atoms with Crippen molar-refractivity contribution in [1.82, 2.24) is 4.90 Å². The molecule has 32 heavy (non-hydrogen) atoms. The molecule has 0 bridgehead atoms. The van der Waals surface area contributed by atoms with E-state index in [9.17, 15) is 4.79 Å². The van der Waals surface area contributed by atoms with E-state index in [-0.39, 0.29) is 29.5 Å². The van der Waals surface area contributed by atoms with E-state index in [1.807, 2.05) is 42.5 Å². The summed E-state index contributed by atoms with van der Waals surface area (Å²) in [6.07, 6.45) is 1.67. The number of fused-ring (bicyclic) bond motifs is 2. The van der Waals surface area contributed by atoms with Crippen LogP contribution in [0, 0.1) is 0 Å². The average Bonchev–Trinajstić information content (AvgIpc) is 3.39. The summed E-state index contributed by atoms with van der Waals surface area (Å²) in [6, 6.07) is 13.5. The van der Waals surface area contributed by atoms with Crippen molar-refractivity contribution in [3.05, 3.63) is 58.5 Å². The fraction of sp³-hybridized carbons (Fsp3) is 0.304. The number of anilines is 1. The predicted octanol–water partition coefficient (Wildman–Crippen LogP) is 5.22. The van der Waals surface area contributed by atoms with Gasteiger partial charge < -0.3 is 19.3 Å². The van der Waals surface area contributed by atoms with Gasteiger partial charge in [-0.1, -0.05) is 41.6 Å². The first-order valence-corrected chi connectivity index (χ1v) is 11.6. The highest BCUT2D eigenvalue weighted by Crippen LogP contribution is 2.45. The van der Waals surface area contributed by atoms with Crippen LogP contribution in [0.5, 0.6) is 11.5 Å². The van der Waals surface area contributed by atoms with Crippen LogP contribution in [0.1, 0.15) is 18.4 Å². The fourth-order valence-electron chi connectivity index (χ4n) is 3.92. The van der Waals surface area contributed by atoms with Crippen molar-refractivity contribution in [2.75, 3.05) is 37.7 Å². The van der Waals surface area contributed by atoms with Crippen molar-refractivity contribution in [3.8, 4) is 11.5 Å². The quantitative estimate of drug-likeness (QED) is 0.454. The smallest absolute Gasteiger partial charge is 0.265 e. The van der Waals surface area contributed by atoms with Crippen LogP contribution >= 0.6 is 40.3 Å². The Morgan fingerprint density at radius 1 is 1.19 bits per heavy atom. The lowest BCUT2D eigenvalue weighted by molar-refractivity contribution is -0.121. The lowest BCUT2D eigenvalue weighted by atomic mass is 10.1. The van der Waals surface area contributed by atoms with E-state index in [0.29, 0.717) is 23.9 Å². The van der Waals surface area contributed by atoms with Gasteiger partial charge in [0.15, 0.2) is 17.5 Å². The van der Waals surface area contributed by atoms with Gasteiger partial charge in [-0.15, -0.1) is 17.0 Å². The normalized spacial score (nSPS) is 16.6. The number of ether oxygens (including phenoxy) is 2. The predicted molar refractivity (Wildman–Crippen MR) is 135 cm³/mol. The van der Waals surface area contributed by atoms with Crippen LogP contribution in [0.3, 0.4) is 0 Å². The number of carbonyl (C=O) groups is 1. The molecule has 0 aliphatic carbocycles. The van der Waals surface area contributed by atoms with Crippen molar-refractivity contribution >= 4 is 62.8 Å². The second-order valence-corrected chi connectivity index (χ2v) is 8.71. The first kappa shape index (κ1) is 23.0. The highest BCUT2D eigenvalue weighted by atomic mass is 79.9. The molecule has 0 atom stereocenters. The molecule has 0 aromatic heterocycles. The molecule has 168 valence electrons. The molecule has 0 fully saturated rings. The van der Waals surface area contributed by atoms with Gasteiger partial charge >= 0.3 is 0 Å². The second kappa shape index (κ2) is 10.2. The molecule has 0 saturated heterocycles. The van der Waals surface area contributed by atoms with E-state index in [2.05, 4.69) is 15.3 Å². The van der Waals surface area contributed by atoms with Gasteiger partial charge in [0.05, 0.1) is 24.5 Å². The van der Waals surface area contributed by atoms with Crippen LogP contribution in [0.25, 0.3) is 5.70 Å². The zero-order valence-electron chi connectivity index (χ0n) is 17.3. The number of para-hydroxylation sites is 1. The molecule has 0 saturated carbocycles. The summed E-state index contributed by atoms with van der Waals surface area (Å²) in [5.74, 6) is 1.52. The second-order valence-electron chi connectivity index (χ2n) is 7.44. The van der Waals surface area contributed by atoms with Crippen LogP contribution in [-0.4, -0.2) is 48.8 Å². The summed E-state index contributed by atoms with van der Waals surface area (Å²) in [5.41, 5.74) is 2.68. The van der Waals surface area contributed by atoms with Gasteiger partial charge in [-0.25, -0.2) is 0 Å². The Kier molecular flexibility index (Phi) is 7.33. The Balaban J connectivity index is 0.00000245. The van der Waals surface area contributed by atoms with Gasteiger partial charge in [0, 0.05) is 29.1 Å². The number of amidine groups is 1. The molecule has 3 aliphatic rings. The third-order valence-electron chi connectivity index (χ3n) is 5.40. The Hall–Kier alpha value is -2.16. The maximum atomic E-state index is 12.6. The summed E-state index contributed by atoms with van der Waals surface area (Å²) in [4.78, 5) is 21.1. The van der Waals surface area contributed by atoms with Crippen molar-refractivity contribution < 1.29 is 14.3 Å². The zero-order valence-corrected chi connectivity index (χ0v) is 20.6. The maximum Gasteiger partial charge on any atom is 0.265 e. The highest BCUT2D eigenvalue weighted by molar-refractivity contribution is 8.93. The van der Waals surface area contributed by atoms with Gasteiger partial charge in [-0.05, 0) is 37.1 Å².